The summed E-state index contributed by atoms with van der Waals surface area (Å²) in [6, 6.07) is 22.6. The first-order valence-corrected chi connectivity index (χ1v) is 50.5. The molecule has 140 heavy (non-hydrogen) atoms. The number of nitrogens with one attached hydrogen (secondary N) is 2. The molecule has 38 nitrogen and oxygen atoms in total. The Morgan fingerprint density at radius 2 is 0.779 bits per heavy atom. The normalized spacial score (nSPS) is 18.4. The molecule has 7 saturated heterocycles. The Labute approximate surface area is 821 Å². The van der Waals surface area contributed by atoms with E-state index in [0.29, 0.717) is 122 Å². The molecule has 0 saturated carbocycles. The fourth-order valence-electron chi connectivity index (χ4n) is 17.1. The highest BCUT2D eigenvalue weighted by molar-refractivity contribution is 7.89. The standard InChI is InChI=1S/2C17H22N2O3.C16H27NO4.C15H19N3O5S.C14H23NO4.C12H19NO4.C10H15NO4/c1-18(2)16(21)14-10-6-7-11-19(14)17(22)15(20)12-13-8-4-3-5-9-13;1-4-18(3)16(21)14-6-5-11-19(14)17(22)15(20)13-9-7-12(2)8-10-13;1-16(2,3)14(20)15(21)17-11-7-9-12(17)8-5-4-6-10-13(18)19;1-2-24(22,23)17-16-14(20)12-9-6-10-18(12)15(21)13(19)11-7-4-3-5-8-11;1-2-6-12(16)14(19)15-10-5-8-11(15)7-3-4-9-13(17)18;1-2-10(14)12(17)13-8-4-6-9(13)5-3-7-11(15)16;1-7(12)10(15)11-6-2-3-8(11)4-5-9(13)14/h3-5,8-9,14H,6-7,10-12H2,1-2H3;7-10,14H,4-6,11H2,1-3H3;12H,4-11H2,1-3H3,(H,18,19);3-5,7-8,12,17H,2,6,9-10H2,1H3,(H,16,20);11H,2-10H2,1H3,(H,17,18);9H,2-8H2,1H3,(H,15,16);8H,2-6H2,1H3,(H,13,14). The van der Waals surface area contributed by atoms with Crippen molar-refractivity contribution < 1.29 is 130 Å². The van der Waals surface area contributed by atoms with Gasteiger partial charge in [0.2, 0.25) is 62.3 Å². The van der Waals surface area contributed by atoms with Crippen molar-refractivity contribution in [2.75, 3.05) is 79.3 Å². The third kappa shape index (κ3) is 40.2. The van der Waals surface area contributed by atoms with E-state index < -0.39 is 116 Å². The van der Waals surface area contributed by atoms with E-state index in [-0.39, 0.29) is 122 Å². The summed E-state index contributed by atoms with van der Waals surface area (Å²) >= 11 is 0. The maximum Gasteiger partial charge on any atom is 0.303 e. The summed E-state index contributed by atoms with van der Waals surface area (Å²) in [4.78, 5) is 261. The van der Waals surface area contributed by atoms with E-state index in [2.05, 4.69) is 5.43 Å². The van der Waals surface area contributed by atoms with Crippen LogP contribution in [-0.4, -0.2) is 318 Å². The summed E-state index contributed by atoms with van der Waals surface area (Å²) in [6.07, 6.45) is 21.0. The monoisotopic (exact) mass is 1980 g/mol. The summed E-state index contributed by atoms with van der Waals surface area (Å²) in [5.74, 6) is -10.8. The second-order valence-corrected chi connectivity index (χ2v) is 39.0. The van der Waals surface area contributed by atoms with Crippen molar-refractivity contribution in [1.82, 2.24) is 54.4 Å². The fourth-order valence-corrected chi connectivity index (χ4v) is 17.5. The number of unbranched alkanes of at least 4 members (excludes halogenated alkanes) is 3. The van der Waals surface area contributed by atoms with Gasteiger partial charge in [0.1, 0.15) is 18.1 Å². The average molecular weight is 1980 g/mol. The Hall–Kier alpha value is -12.2. The number of ketones is 7. The molecule has 7 aliphatic rings. The van der Waals surface area contributed by atoms with Crippen LogP contribution in [0.2, 0.25) is 0 Å². The van der Waals surface area contributed by atoms with E-state index in [1.807, 2.05) is 55.9 Å². The number of hydrazine groups is 1. The minimum atomic E-state index is -3.59. The molecule has 7 fully saturated rings. The summed E-state index contributed by atoms with van der Waals surface area (Å²) in [5.41, 5.74) is 3.93. The van der Waals surface area contributed by atoms with E-state index in [0.717, 1.165) is 114 Å². The SMILES string of the molecule is CC(=O)C(=O)N1CCCC1CCC(=O)O.CC(C)(C)C(=O)C(=O)N1CCCC1CCCCCC(=O)O.CCC(=O)C(=O)N1CCCC1CCCC(=O)O.CCCC(=O)C(=O)N1CCCC1CCCCC(=O)O.CCN(C)C(=O)C1CCCN1C(=O)C(=O)c1ccc(C)cc1.CCS(=O)(=O)NNC(=O)C1CCCN1C(=O)C(=O)c1ccccc1.CN(C)C(=O)C1CCCCN1C(=O)C(=O)Cc1ccccc1. The molecule has 0 radical (unpaired) electrons. The lowest BCUT2D eigenvalue weighted by atomic mass is 9.90. The van der Waals surface area contributed by atoms with Crippen LogP contribution >= 0.6 is 0 Å². The lowest BCUT2D eigenvalue weighted by Crippen LogP contribution is -2.53. The second kappa shape index (κ2) is 61.4. The van der Waals surface area contributed by atoms with Gasteiger partial charge in [-0.2, -0.15) is 0 Å². The van der Waals surface area contributed by atoms with Crippen LogP contribution in [0.5, 0.6) is 0 Å². The zero-order chi connectivity index (χ0) is 105. The van der Waals surface area contributed by atoms with Crippen LogP contribution in [0, 0.1) is 12.3 Å². The summed E-state index contributed by atoms with van der Waals surface area (Å²) in [7, 11) is 1.46. The molecule has 10 rings (SSSR count). The molecule has 7 heterocycles. The first-order chi connectivity index (χ1) is 66.2. The number of nitrogens with zero attached hydrogens (tertiary/aromatic N) is 9. The van der Waals surface area contributed by atoms with Gasteiger partial charge in [0.25, 0.3) is 47.3 Å². The molecular formula is C101H147N11O27S. The third-order valence-electron chi connectivity index (χ3n) is 25.1. The minimum Gasteiger partial charge on any atom is -0.481 e. The van der Waals surface area contributed by atoms with Crippen LogP contribution in [0.25, 0.3) is 0 Å². The summed E-state index contributed by atoms with van der Waals surface area (Å²) < 4.78 is 22.7. The number of piperidine rings is 1. The molecule has 7 atom stereocenters. The number of Topliss-reactive ketones (excluding diaryl/α,β-unsaturated/α-hetero) is 7. The predicted molar refractivity (Wildman–Crippen MR) is 517 cm³/mol. The van der Waals surface area contributed by atoms with E-state index in [4.69, 9.17) is 20.4 Å². The Morgan fingerprint density at radius 3 is 1.24 bits per heavy atom. The Morgan fingerprint density at radius 1 is 0.393 bits per heavy atom. The van der Waals surface area contributed by atoms with Crippen molar-refractivity contribution in [1.29, 1.82) is 0 Å². The number of aliphatic carboxylic acids is 4. The van der Waals surface area contributed by atoms with Crippen molar-refractivity contribution in [3.63, 3.8) is 0 Å². The molecule has 0 spiro atoms. The molecule has 774 valence electrons. The maximum absolute atomic E-state index is 12.5. The van der Waals surface area contributed by atoms with Crippen molar-refractivity contribution in [3.8, 4) is 0 Å². The van der Waals surface area contributed by atoms with Crippen molar-refractivity contribution in [2.45, 2.75) is 316 Å². The highest BCUT2D eigenvalue weighted by Gasteiger charge is 2.43. The van der Waals surface area contributed by atoms with Gasteiger partial charge in [0.15, 0.2) is 0 Å². The molecule has 3 aromatic rings. The molecule has 7 aliphatic heterocycles. The quantitative estimate of drug-likeness (QED) is 0.0134. The first kappa shape index (κ1) is 120. The Balaban J connectivity index is 0.000000342. The molecular weight excluding hydrogens is 1830 g/mol. The second-order valence-electron chi connectivity index (χ2n) is 37.0. The van der Waals surface area contributed by atoms with Gasteiger partial charge in [-0.05, 0) is 174 Å². The van der Waals surface area contributed by atoms with Crippen LogP contribution in [0.1, 0.15) is 293 Å². The maximum atomic E-state index is 12.5. The number of carbonyl (C=O) groups excluding carboxylic acids is 17. The number of amides is 10. The third-order valence-corrected chi connectivity index (χ3v) is 26.3. The number of likely N-dealkylation sites (N-methyl/N-ethyl adjacent to an activating group) is 2. The van der Waals surface area contributed by atoms with Crippen LogP contribution < -0.4 is 10.3 Å². The van der Waals surface area contributed by atoms with E-state index in [1.165, 1.54) is 50.5 Å². The lowest BCUT2D eigenvalue weighted by Gasteiger charge is -2.35. The summed E-state index contributed by atoms with van der Waals surface area (Å²) in [5, 5.41) is 34.2. The van der Waals surface area contributed by atoms with Crippen LogP contribution in [0.15, 0.2) is 84.9 Å². The number of aryl methyl sites for hydroxylation is 1. The van der Waals surface area contributed by atoms with Crippen LogP contribution in [0.4, 0.5) is 0 Å². The number of likely N-dealkylation sites (tertiary alicyclic amines) is 7. The average Bonchev–Trinajstić information content (AvgIpc) is 1.19. The van der Waals surface area contributed by atoms with Gasteiger partial charge in [-0.25, -0.2) is 8.42 Å². The number of carboxylic acids is 4. The van der Waals surface area contributed by atoms with Crippen molar-refractivity contribution in [3.05, 3.63) is 107 Å². The first-order valence-electron chi connectivity index (χ1n) is 48.9. The predicted octanol–water partition coefficient (Wildman–Crippen LogP) is 9.01. The zero-order valence-electron chi connectivity index (χ0n) is 83.4. The van der Waals surface area contributed by atoms with E-state index in [1.54, 1.807) is 111 Å². The van der Waals surface area contributed by atoms with Gasteiger partial charge in [-0.3, -0.25) is 106 Å². The molecule has 7 unspecified atom stereocenters. The number of rotatable bonds is 39. The lowest BCUT2D eigenvalue weighted by molar-refractivity contribution is -0.151. The largest absolute Gasteiger partial charge is 0.481 e. The molecule has 0 aromatic heterocycles. The number of carbonyl (C=O) groups is 21. The van der Waals surface area contributed by atoms with Crippen LogP contribution in [-0.2, 0) is 108 Å². The summed E-state index contributed by atoms with van der Waals surface area (Å²) in [6.45, 7) is 19.7. The highest BCUT2D eigenvalue weighted by Crippen LogP contribution is 2.30. The molecule has 6 N–H and O–H groups in total. The number of benzene rings is 3. The Kier molecular flexibility index (Phi) is 52.7. The van der Waals surface area contributed by atoms with Crippen molar-refractivity contribution in [2.24, 2.45) is 5.41 Å². The topological polar surface area (TPSA) is 527 Å². The number of hydrogen-bond acceptors (Lipinski definition) is 23. The van der Waals surface area contributed by atoms with Crippen LogP contribution in [0.3, 0.4) is 0 Å². The number of hydrogen-bond donors (Lipinski definition) is 6. The van der Waals surface area contributed by atoms with E-state index >= 15 is 0 Å². The minimum absolute atomic E-state index is 0.0480. The van der Waals surface area contributed by atoms with Gasteiger partial charge >= 0.3 is 23.9 Å². The number of carboxylic acid groups (broad SMARTS) is 4. The molecule has 0 aliphatic carbocycles. The zero-order valence-corrected chi connectivity index (χ0v) is 84.3. The molecule has 39 heteroatoms. The van der Waals surface area contributed by atoms with E-state index in [9.17, 15) is 109 Å². The smallest absolute Gasteiger partial charge is 0.303 e. The highest BCUT2D eigenvalue weighted by atomic mass is 32.2. The van der Waals surface area contributed by atoms with Gasteiger partial charge in [0.05, 0.1) is 5.75 Å². The molecule has 10 amide bonds. The number of sulfonamides is 1. The van der Waals surface area contributed by atoms with Gasteiger partial charge < -0.3 is 64.5 Å². The fraction of sp³-hybridized carbons (Fsp3) is 0.614. The molecule has 0 bridgehead atoms. The van der Waals surface area contributed by atoms with Gasteiger partial charge in [0, 0.05) is 166 Å². The van der Waals surface area contributed by atoms with Crippen molar-refractivity contribution >= 4 is 133 Å². The Bertz CT molecular complexity index is 4850. The van der Waals surface area contributed by atoms with Gasteiger partial charge in [-0.1, -0.05) is 144 Å². The van der Waals surface area contributed by atoms with Gasteiger partial charge in [-0.15, -0.1) is 4.83 Å². The molecule has 3 aromatic carbocycles.